The summed E-state index contributed by atoms with van der Waals surface area (Å²) < 4.78 is 14.8. The van der Waals surface area contributed by atoms with E-state index < -0.39 is 5.91 Å². The predicted molar refractivity (Wildman–Crippen MR) is 111 cm³/mol. The molecule has 0 saturated carbocycles. The summed E-state index contributed by atoms with van der Waals surface area (Å²) in [5, 5.41) is 8.20. The molecule has 0 fully saturated rings. The lowest BCUT2D eigenvalue weighted by atomic mass is 10.1. The van der Waals surface area contributed by atoms with Crippen LogP contribution in [0, 0.1) is 5.82 Å². The first-order chi connectivity index (χ1) is 14.1. The van der Waals surface area contributed by atoms with Crippen LogP contribution < -0.4 is 5.32 Å². The van der Waals surface area contributed by atoms with E-state index in [2.05, 4.69) is 20.4 Å². The third-order valence-electron chi connectivity index (χ3n) is 4.19. The summed E-state index contributed by atoms with van der Waals surface area (Å²) >= 11 is 7.54. The van der Waals surface area contributed by atoms with Crippen LogP contribution in [0.4, 0.5) is 9.39 Å². The van der Waals surface area contributed by atoms with E-state index in [1.165, 1.54) is 23.5 Å². The first-order valence-corrected chi connectivity index (χ1v) is 10.0. The summed E-state index contributed by atoms with van der Waals surface area (Å²) in [6.45, 7) is 1.93. The molecule has 0 unspecified atom stereocenters. The number of hydrogen-bond acceptors (Lipinski definition) is 5. The van der Waals surface area contributed by atoms with Gasteiger partial charge in [-0.05, 0) is 36.4 Å². The Morgan fingerprint density at radius 3 is 2.69 bits per heavy atom. The number of benzene rings is 2. The number of carbonyl (C=O) groups excluding carboxylic acids is 1. The van der Waals surface area contributed by atoms with Crippen molar-refractivity contribution in [2.75, 3.05) is 5.32 Å². The van der Waals surface area contributed by atoms with Gasteiger partial charge in [0.05, 0.1) is 16.2 Å². The highest BCUT2D eigenvalue weighted by Gasteiger charge is 2.20. The highest BCUT2D eigenvalue weighted by Crippen LogP contribution is 2.31. The molecule has 0 aliphatic rings. The van der Waals surface area contributed by atoms with E-state index in [-0.39, 0.29) is 11.6 Å². The van der Waals surface area contributed by atoms with Gasteiger partial charge >= 0.3 is 0 Å². The molecule has 4 rings (SSSR count). The smallest absolute Gasteiger partial charge is 0.296 e. The van der Waals surface area contributed by atoms with E-state index in [0.717, 1.165) is 0 Å². The molecule has 2 heterocycles. The summed E-state index contributed by atoms with van der Waals surface area (Å²) in [5.74, 6) is -0.152. The Balaban J connectivity index is 1.63. The minimum atomic E-state index is -0.460. The monoisotopic (exact) mass is 427 g/mol. The number of carbonyl (C=O) groups is 1. The highest BCUT2D eigenvalue weighted by atomic mass is 35.5. The Labute approximate surface area is 175 Å². The molecule has 0 aliphatic carbocycles. The van der Waals surface area contributed by atoms with Crippen molar-refractivity contribution in [2.24, 2.45) is 0 Å². The lowest BCUT2D eigenvalue weighted by Crippen LogP contribution is -2.14. The van der Waals surface area contributed by atoms with Crippen LogP contribution in [-0.4, -0.2) is 25.7 Å². The molecule has 0 spiro atoms. The van der Waals surface area contributed by atoms with Crippen LogP contribution in [-0.2, 0) is 6.42 Å². The Morgan fingerprint density at radius 2 is 1.97 bits per heavy atom. The molecular formula is C20H15ClFN5OS. The summed E-state index contributed by atoms with van der Waals surface area (Å²) in [4.78, 5) is 21.4. The number of amides is 1. The van der Waals surface area contributed by atoms with Crippen LogP contribution in [0.25, 0.3) is 16.9 Å². The zero-order valence-electron chi connectivity index (χ0n) is 15.3. The Morgan fingerprint density at radius 1 is 1.21 bits per heavy atom. The minimum Gasteiger partial charge on any atom is -0.309 e. The molecule has 4 aromatic rings. The molecule has 6 nitrogen and oxygen atoms in total. The second kappa shape index (κ2) is 8.10. The van der Waals surface area contributed by atoms with Crippen molar-refractivity contribution in [3.8, 4) is 16.9 Å². The van der Waals surface area contributed by atoms with E-state index >= 15 is 0 Å². The molecule has 0 bridgehead atoms. The molecule has 1 amide bonds. The van der Waals surface area contributed by atoms with Gasteiger partial charge in [0.1, 0.15) is 22.3 Å². The molecule has 0 atom stereocenters. The van der Waals surface area contributed by atoms with E-state index in [1.807, 2.05) is 25.1 Å². The van der Waals surface area contributed by atoms with Gasteiger partial charge in [-0.25, -0.2) is 19.0 Å². The van der Waals surface area contributed by atoms with Crippen molar-refractivity contribution in [3.63, 3.8) is 0 Å². The fraction of sp³-hybridized carbons (Fsp3) is 0.100. The van der Waals surface area contributed by atoms with Crippen LogP contribution in [0.15, 0.2) is 54.0 Å². The second-order valence-electron chi connectivity index (χ2n) is 6.06. The maximum atomic E-state index is 13.2. The molecule has 0 saturated heterocycles. The number of anilines is 1. The lowest BCUT2D eigenvalue weighted by molar-refractivity contribution is 0.101. The third-order valence-corrected chi connectivity index (χ3v) is 5.25. The molecule has 2 aromatic heterocycles. The fourth-order valence-corrected chi connectivity index (χ4v) is 3.71. The van der Waals surface area contributed by atoms with Crippen LogP contribution in [0.1, 0.15) is 23.4 Å². The van der Waals surface area contributed by atoms with E-state index in [4.69, 9.17) is 11.6 Å². The van der Waals surface area contributed by atoms with Gasteiger partial charge in [0, 0.05) is 12.0 Å². The van der Waals surface area contributed by atoms with Gasteiger partial charge in [0.25, 0.3) is 5.91 Å². The average Bonchev–Trinajstić information content (AvgIpc) is 3.36. The molecule has 9 heteroatoms. The highest BCUT2D eigenvalue weighted by molar-refractivity contribution is 7.14. The summed E-state index contributed by atoms with van der Waals surface area (Å²) in [7, 11) is 0. The number of thiazole rings is 1. The van der Waals surface area contributed by atoms with Crippen LogP contribution in [0.2, 0.25) is 5.02 Å². The number of rotatable bonds is 5. The van der Waals surface area contributed by atoms with Gasteiger partial charge < -0.3 is 5.32 Å². The summed E-state index contributed by atoms with van der Waals surface area (Å²) in [6, 6.07) is 13.1. The Kier molecular flexibility index (Phi) is 5.37. The maximum Gasteiger partial charge on any atom is 0.296 e. The average molecular weight is 428 g/mol. The number of nitrogens with zero attached hydrogens (tertiary/aromatic N) is 4. The van der Waals surface area contributed by atoms with Crippen molar-refractivity contribution in [3.05, 3.63) is 76.5 Å². The number of nitrogens with one attached hydrogen (secondary N) is 1. The topological polar surface area (TPSA) is 72.7 Å². The van der Waals surface area contributed by atoms with E-state index in [0.29, 0.717) is 39.2 Å². The molecule has 29 heavy (non-hydrogen) atoms. The molecule has 146 valence electrons. The quantitative estimate of drug-likeness (QED) is 0.486. The number of halogens is 2. The number of aromatic nitrogens is 4. The van der Waals surface area contributed by atoms with Gasteiger partial charge in [-0.3, -0.25) is 4.79 Å². The van der Waals surface area contributed by atoms with Crippen LogP contribution in [0.5, 0.6) is 0 Å². The Hall–Kier alpha value is -3.10. The molecule has 0 aliphatic heterocycles. The third kappa shape index (κ3) is 3.90. The van der Waals surface area contributed by atoms with Gasteiger partial charge in [0.2, 0.25) is 5.82 Å². The largest absolute Gasteiger partial charge is 0.309 e. The second-order valence-corrected chi connectivity index (χ2v) is 7.32. The Bertz CT molecular complexity index is 1170. The molecular weight excluding hydrogens is 413 g/mol. The molecule has 0 radical (unpaired) electrons. The number of aryl methyl sites for hydroxylation is 1. The normalized spacial score (nSPS) is 10.9. The first kappa shape index (κ1) is 19.2. The van der Waals surface area contributed by atoms with Gasteiger partial charge in [-0.1, -0.05) is 30.7 Å². The van der Waals surface area contributed by atoms with Crippen molar-refractivity contribution in [2.45, 2.75) is 13.3 Å². The number of hydrogen-bond donors (Lipinski definition) is 1. The van der Waals surface area contributed by atoms with Gasteiger partial charge in [-0.15, -0.1) is 16.4 Å². The van der Waals surface area contributed by atoms with Crippen molar-refractivity contribution >= 4 is 33.8 Å². The van der Waals surface area contributed by atoms with Crippen molar-refractivity contribution in [1.29, 1.82) is 0 Å². The van der Waals surface area contributed by atoms with Crippen LogP contribution in [0.3, 0.4) is 0 Å². The molecule has 1 N–H and O–H groups in total. The molecule has 2 aromatic carbocycles. The number of para-hydroxylation sites is 1. The van der Waals surface area contributed by atoms with E-state index in [9.17, 15) is 9.18 Å². The minimum absolute atomic E-state index is 0.0280. The standard InChI is InChI=1S/C20H15ClFN5OS/c1-2-16-24-18(26-27(16)15-6-4-3-5-14(15)21)19(28)25-20-17(23-11-29-20)12-7-9-13(22)10-8-12/h3-11H,2H2,1H3,(H,25,28). The van der Waals surface area contributed by atoms with Gasteiger partial charge in [0.15, 0.2) is 0 Å². The van der Waals surface area contributed by atoms with Crippen molar-refractivity contribution < 1.29 is 9.18 Å². The summed E-state index contributed by atoms with van der Waals surface area (Å²) in [5.41, 5.74) is 3.53. The lowest BCUT2D eigenvalue weighted by Gasteiger charge is -2.05. The SMILES string of the molecule is CCc1nc(C(=O)Nc2scnc2-c2ccc(F)cc2)nn1-c1ccccc1Cl. The van der Waals surface area contributed by atoms with Gasteiger partial charge in [-0.2, -0.15) is 0 Å². The van der Waals surface area contributed by atoms with E-state index in [1.54, 1.807) is 28.4 Å². The summed E-state index contributed by atoms with van der Waals surface area (Å²) in [6.07, 6.45) is 0.576. The maximum absolute atomic E-state index is 13.2. The van der Waals surface area contributed by atoms with Crippen molar-refractivity contribution in [1.82, 2.24) is 19.7 Å². The zero-order chi connectivity index (χ0) is 20.4. The zero-order valence-corrected chi connectivity index (χ0v) is 16.8. The van der Waals surface area contributed by atoms with Crippen LogP contribution >= 0.6 is 22.9 Å². The first-order valence-electron chi connectivity index (χ1n) is 8.78. The fourth-order valence-electron chi connectivity index (χ4n) is 2.79. The predicted octanol–water partition coefficient (Wildman–Crippen LogP) is 5.00.